The molecule has 5 rings (SSSR count). The Morgan fingerprint density at radius 3 is 2.61 bits per heavy atom. The molecule has 36 heavy (non-hydrogen) atoms. The summed E-state index contributed by atoms with van der Waals surface area (Å²) < 4.78 is 18.8. The van der Waals surface area contributed by atoms with Crippen molar-refractivity contribution in [3.05, 3.63) is 78.7 Å². The Bertz CT molecular complexity index is 1470. The second kappa shape index (κ2) is 10.2. The molecular weight excluding hydrogens is 478 g/mol. The summed E-state index contributed by atoms with van der Waals surface area (Å²) in [5.41, 5.74) is 1.43. The van der Waals surface area contributed by atoms with E-state index in [1.165, 1.54) is 17.8 Å². The van der Waals surface area contributed by atoms with Gasteiger partial charge in [-0.25, -0.2) is 9.79 Å². The fourth-order valence-corrected chi connectivity index (χ4v) is 5.75. The highest BCUT2D eigenvalue weighted by atomic mass is 32.1. The fourth-order valence-electron chi connectivity index (χ4n) is 4.73. The third kappa shape index (κ3) is 4.51. The minimum absolute atomic E-state index is 0.229. The van der Waals surface area contributed by atoms with Crippen LogP contribution in [0.5, 0.6) is 5.75 Å². The van der Waals surface area contributed by atoms with Gasteiger partial charge in [0.25, 0.3) is 5.56 Å². The number of fused-ring (bicyclic) bond motifs is 1. The maximum Gasteiger partial charge on any atom is 0.338 e. The van der Waals surface area contributed by atoms with E-state index in [-0.39, 0.29) is 12.2 Å². The summed E-state index contributed by atoms with van der Waals surface area (Å²) in [6, 6.07) is 10.5. The molecule has 2 aromatic heterocycles. The molecule has 0 N–H and O–H groups in total. The molecule has 1 saturated heterocycles. The molecule has 0 aliphatic carbocycles. The monoisotopic (exact) mass is 507 g/mol. The molecule has 8 nitrogen and oxygen atoms in total. The van der Waals surface area contributed by atoms with Crippen LogP contribution >= 0.6 is 11.3 Å². The first-order valence-electron chi connectivity index (χ1n) is 12.2. The predicted octanol–water partition coefficient (Wildman–Crippen LogP) is 3.39. The van der Waals surface area contributed by atoms with Crippen molar-refractivity contribution in [3.63, 3.8) is 0 Å². The zero-order chi connectivity index (χ0) is 25.2. The van der Waals surface area contributed by atoms with E-state index in [0.29, 0.717) is 32.1 Å². The molecule has 3 aromatic rings. The minimum atomic E-state index is -0.658. The molecule has 0 unspecified atom stereocenters. The summed E-state index contributed by atoms with van der Waals surface area (Å²) in [5, 5.41) is 0. The van der Waals surface area contributed by atoms with Crippen molar-refractivity contribution >= 4 is 29.3 Å². The Kier molecular flexibility index (Phi) is 6.82. The van der Waals surface area contributed by atoms with Gasteiger partial charge < -0.3 is 18.8 Å². The summed E-state index contributed by atoms with van der Waals surface area (Å²) in [5.74, 6) is 1.64. The second-order valence-corrected chi connectivity index (χ2v) is 9.81. The van der Waals surface area contributed by atoms with E-state index in [1.54, 1.807) is 31.6 Å². The number of piperidine rings is 1. The van der Waals surface area contributed by atoms with Crippen LogP contribution in [0.2, 0.25) is 0 Å². The van der Waals surface area contributed by atoms with Crippen LogP contribution in [0, 0.1) is 0 Å². The molecule has 0 saturated carbocycles. The predicted molar refractivity (Wildman–Crippen MR) is 138 cm³/mol. The van der Waals surface area contributed by atoms with Gasteiger partial charge in [-0.1, -0.05) is 23.5 Å². The lowest BCUT2D eigenvalue weighted by Crippen LogP contribution is -2.39. The number of ether oxygens (including phenoxy) is 2. The maximum atomic E-state index is 13.7. The van der Waals surface area contributed by atoms with Gasteiger partial charge in [0.15, 0.2) is 10.7 Å². The van der Waals surface area contributed by atoms with Gasteiger partial charge in [-0.05, 0) is 56.9 Å². The van der Waals surface area contributed by atoms with Gasteiger partial charge in [0.05, 0.1) is 35.6 Å². The van der Waals surface area contributed by atoms with E-state index < -0.39 is 12.0 Å². The number of carbonyl (C=O) groups excluding carboxylic acids is 1. The van der Waals surface area contributed by atoms with Crippen LogP contribution in [0.1, 0.15) is 50.5 Å². The number of methoxy groups -OCH3 is 1. The van der Waals surface area contributed by atoms with Crippen molar-refractivity contribution < 1.29 is 18.7 Å². The van der Waals surface area contributed by atoms with Gasteiger partial charge in [0, 0.05) is 25.2 Å². The lowest BCUT2D eigenvalue weighted by Gasteiger charge is -2.25. The van der Waals surface area contributed by atoms with Crippen molar-refractivity contribution in [1.82, 2.24) is 4.57 Å². The van der Waals surface area contributed by atoms with Crippen LogP contribution in [0.4, 0.5) is 5.88 Å². The highest BCUT2D eigenvalue weighted by molar-refractivity contribution is 7.07. The van der Waals surface area contributed by atoms with E-state index >= 15 is 0 Å². The minimum Gasteiger partial charge on any atom is -0.497 e. The fraction of sp³-hybridized carbons (Fsp3) is 0.370. The van der Waals surface area contributed by atoms with E-state index in [2.05, 4.69) is 9.89 Å². The highest BCUT2D eigenvalue weighted by Crippen LogP contribution is 2.31. The van der Waals surface area contributed by atoms with Gasteiger partial charge >= 0.3 is 5.97 Å². The Hall–Kier alpha value is -3.59. The SMILES string of the molecule is CCOC(=O)C1=C(C)N=c2sc(=Cc3ccc(N4CCCCC4)o3)c(=O)n2[C@@H]1c1ccc(OC)cc1. The standard InChI is InChI=1S/C27H29N3O5S/c1-4-34-26(32)23-17(2)28-27-30(24(23)18-8-10-19(33-3)11-9-18)25(31)21(36-27)16-20-12-13-22(35-20)29-14-6-5-7-15-29/h8-13,16,24H,4-7,14-15H2,1-3H3/t24-/m1/s1. The van der Waals surface area contributed by atoms with Crippen LogP contribution in [0.25, 0.3) is 6.08 Å². The number of anilines is 1. The average molecular weight is 508 g/mol. The Labute approximate surface area is 212 Å². The number of nitrogens with zero attached hydrogens (tertiary/aromatic N) is 3. The van der Waals surface area contributed by atoms with Gasteiger partial charge in [0.2, 0.25) is 0 Å². The first-order valence-corrected chi connectivity index (χ1v) is 13.0. The Morgan fingerprint density at radius 2 is 1.92 bits per heavy atom. The van der Waals surface area contributed by atoms with Gasteiger partial charge in [-0.2, -0.15) is 0 Å². The van der Waals surface area contributed by atoms with Gasteiger partial charge in [-0.15, -0.1) is 0 Å². The molecule has 188 valence electrons. The summed E-state index contributed by atoms with van der Waals surface area (Å²) >= 11 is 1.28. The molecule has 4 heterocycles. The molecule has 0 radical (unpaired) electrons. The van der Waals surface area contributed by atoms with E-state index in [9.17, 15) is 9.59 Å². The van der Waals surface area contributed by atoms with Crippen molar-refractivity contribution in [2.75, 3.05) is 31.7 Å². The maximum absolute atomic E-state index is 13.7. The van der Waals surface area contributed by atoms with Crippen LogP contribution in [-0.2, 0) is 9.53 Å². The lowest BCUT2D eigenvalue weighted by atomic mass is 9.96. The quantitative estimate of drug-likeness (QED) is 0.476. The average Bonchev–Trinajstić information content (AvgIpc) is 3.48. The van der Waals surface area contributed by atoms with Crippen LogP contribution in [-0.4, -0.2) is 37.3 Å². The summed E-state index contributed by atoms with van der Waals surface area (Å²) in [4.78, 5) is 34.1. The molecular formula is C27H29N3O5S. The molecule has 1 aromatic carbocycles. The number of hydrogen-bond donors (Lipinski definition) is 0. The van der Waals surface area contributed by atoms with Crippen molar-refractivity contribution in [2.45, 2.75) is 39.2 Å². The number of allylic oxidation sites excluding steroid dienone is 1. The largest absolute Gasteiger partial charge is 0.497 e. The molecule has 2 aliphatic rings. The van der Waals surface area contributed by atoms with E-state index in [4.69, 9.17) is 13.9 Å². The second-order valence-electron chi connectivity index (χ2n) is 8.80. The molecule has 0 bridgehead atoms. The third-order valence-corrected chi connectivity index (χ3v) is 7.49. The molecule has 9 heteroatoms. The molecule has 0 amide bonds. The molecule has 1 fully saturated rings. The number of hydrogen-bond acceptors (Lipinski definition) is 8. The first-order chi connectivity index (χ1) is 17.5. The number of furan rings is 1. The van der Waals surface area contributed by atoms with Crippen molar-refractivity contribution in [1.29, 1.82) is 0 Å². The smallest absolute Gasteiger partial charge is 0.338 e. The number of aromatic nitrogens is 1. The summed E-state index contributed by atoms with van der Waals surface area (Å²) in [6.07, 6.45) is 5.31. The molecule has 2 aliphatic heterocycles. The van der Waals surface area contributed by atoms with E-state index in [0.717, 1.165) is 37.4 Å². The molecule has 1 atom stereocenters. The number of benzene rings is 1. The summed E-state index contributed by atoms with van der Waals surface area (Å²) in [7, 11) is 1.59. The van der Waals surface area contributed by atoms with Gasteiger partial charge in [0.1, 0.15) is 11.5 Å². The lowest BCUT2D eigenvalue weighted by molar-refractivity contribution is -0.139. The summed E-state index contributed by atoms with van der Waals surface area (Å²) in [6.45, 7) is 5.72. The van der Waals surface area contributed by atoms with Crippen molar-refractivity contribution in [3.8, 4) is 5.75 Å². The van der Waals surface area contributed by atoms with Gasteiger partial charge in [-0.3, -0.25) is 9.36 Å². The topological polar surface area (TPSA) is 86.3 Å². The Morgan fingerprint density at radius 1 is 1.17 bits per heavy atom. The van der Waals surface area contributed by atoms with Crippen LogP contribution < -0.4 is 24.5 Å². The zero-order valence-corrected chi connectivity index (χ0v) is 21.5. The van der Waals surface area contributed by atoms with Crippen LogP contribution in [0.3, 0.4) is 0 Å². The van der Waals surface area contributed by atoms with Crippen LogP contribution in [0.15, 0.2) is 61.9 Å². The molecule has 0 spiro atoms. The van der Waals surface area contributed by atoms with Crippen molar-refractivity contribution in [2.24, 2.45) is 4.99 Å². The Balaban J connectivity index is 1.60. The third-order valence-electron chi connectivity index (χ3n) is 6.50. The highest BCUT2D eigenvalue weighted by Gasteiger charge is 2.33. The van der Waals surface area contributed by atoms with E-state index in [1.807, 2.05) is 36.4 Å². The number of thiazole rings is 1. The normalized spacial score (nSPS) is 18.1. The zero-order valence-electron chi connectivity index (χ0n) is 20.7. The number of carbonyl (C=O) groups is 1. The first kappa shape index (κ1) is 24.1. The number of esters is 1. The number of rotatable bonds is 6.